The number of rotatable bonds is 4. The van der Waals surface area contributed by atoms with E-state index in [1.165, 1.54) is 25.7 Å². The molecule has 3 N–H and O–H groups in total. The van der Waals surface area contributed by atoms with E-state index in [-0.39, 0.29) is 18.3 Å². The molecule has 2 bridgehead atoms. The second kappa shape index (κ2) is 5.57. The third kappa shape index (κ3) is 3.14. The van der Waals surface area contributed by atoms with Crippen molar-refractivity contribution >= 4 is 18.3 Å². The van der Waals surface area contributed by atoms with Crippen LogP contribution >= 0.6 is 12.4 Å². The molecule has 4 heteroatoms. The van der Waals surface area contributed by atoms with Crippen LogP contribution in [0.3, 0.4) is 0 Å². The van der Waals surface area contributed by atoms with Gasteiger partial charge in [0.05, 0.1) is 5.41 Å². The van der Waals surface area contributed by atoms with Crippen LogP contribution in [0, 0.1) is 23.2 Å². The van der Waals surface area contributed by atoms with Gasteiger partial charge in [0.2, 0.25) is 5.91 Å². The Bertz CT molecular complexity index is 281. The summed E-state index contributed by atoms with van der Waals surface area (Å²) in [7, 11) is 0. The summed E-state index contributed by atoms with van der Waals surface area (Å²) in [5.74, 6) is 2.68. The fraction of sp³-hybridized carbons (Fsp3) is 0.923. The maximum atomic E-state index is 11.9. The largest absolute Gasteiger partial charge is 0.355 e. The predicted octanol–water partition coefficient (Wildman–Crippen LogP) is 1.95. The topological polar surface area (TPSA) is 55.1 Å². The molecule has 0 aromatic rings. The lowest BCUT2D eigenvalue weighted by atomic mass is 9.88. The maximum absolute atomic E-state index is 11.9. The molecule has 100 valence electrons. The Morgan fingerprint density at radius 3 is 2.53 bits per heavy atom. The van der Waals surface area contributed by atoms with E-state index < -0.39 is 5.41 Å². The Kier molecular flexibility index (Phi) is 4.85. The van der Waals surface area contributed by atoms with Crippen molar-refractivity contribution in [3.8, 4) is 0 Å². The molecule has 0 aromatic carbocycles. The lowest BCUT2D eigenvalue weighted by molar-refractivity contribution is -0.129. The first-order valence-electron chi connectivity index (χ1n) is 6.51. The van der Waals surface area contributed by atoms with Crippen molar-refractivity contribution in [2.45, 2.75) is 39.5 Å². The number of carbonyl (C=O) groups excluding carboxylic acids is 1. The van der Waals surface area contributed by atoms with Crippen molar-refractivity contribution in [2.24, 2.45) is 28.9 Å². The summed E-state index contributed by atoms with van der Waals surface area (Å²) in [5.41, 5.74) is 5.17. The molecule has 1 amide bonds. The molecule has 3 atom stereocenters. The van der Waals surface area contributed by atoms with Crippen molar-refractivity contribution in [2.75, 3.05) is 13.1 Å². The van der Waals surface area contributed by atoms with Crippen molar-refractivity contribution in [3.63, 3.8) is 0 Å². The number of nitrogens with one attached hydrogen (secondary N) is 1. The number of amides is 1. The predicted molar refractivity (Wildman–Crippen MR) is 72.0 cm³/mol. The average molecular weight is 261 g/mol. The van der Waals surface area contributed by atoms with Gasteiger partial charge in [-0.3, -0.25) is 4.79 Å². The third-order valence-electron chi connectivity index (χ3n) is 4.53. The number of hydrogen-bond acceptors (Lipinski definition) is 2. The van der Waals surface area contributed by atoms with Crippen LogP contribution in [0.1, 0.15) is 39.5 Å². The number of carbonyl (C=O) groups is 1. The Hall–Kier alpha value is -0.280. The summed E-state index contributed by atoms with van der Waals surface area (Å²) >= 11 is 0. The summed E-state index contributed by atoms with van der Waals surface area (Å²) in [6.45, 7) is 5.09. The highest BCUT2D eigenvalue weighted by molar-refractivity contribution is 5.85. The minimum atomic E-state index is -0.419. The van der Waals surface area contributed by atoms with E-state index in [2.05, 4.69) is 5.32 Å². The number of halogens is 1. The molecule has 0 aromatic heterocycles. The molecule has 0 aliphatic heterocycles. The van der Waals surface area contributed by atoms with Crippen LogP contribution < -0.4 is 11.1 Å². The second-order valence-electron chi connectivity index (χ2n) is 6.23. The maximum Gasteiger partial charge on any atom is 0.226 e. The fourth-order valence-electron chi connectivity index (χ4n) is 3.18. The highest BCUT2D eigenvalue weighted by Gasteiger charge is 2.39. The first-order chi connectivity index (χ1) is 7.53. The Morgan fingerprint density at radius 1 is 1.35 bits per heavy atom. The number of fused-ring (bicyclic) bond motifs is 2. The van der Waals surface area contributed by atoms with Crippen molar-refractivity contribution < 1.29 is 4.79 Å². The molecule has 0 saturated heterocycles. The van der Waals surface area contributed by atoms with Gasteiger partial charge in [0, 0.05) is 13.1 Å². The van der Waals surface area contributed by atoms with Crippen LogP contribution in [0.5, 0.6) is 0 Å². The fourth-order valence-corrected chi connectivity index (χ4v) is 3.18. The molecule has 2 aliphatic carbocycles. The molecule has 0 heterocycles. The average Bonchev–Trinajstić information content (AvgIpc) is 2.87. The van der Waals surface area contributed by atoms with Gasteiger partial charge in [-0.1, -0.05) is 6.42 Å². The molecule has 2 rings (SSSR count). The second-order valence-corrected chi connectivity index (χ2v) is 6.23. The molecule has 3 unspecified atom stereocenters. The summed E-state index contributed by atoms with van der Waals surface area (Å²) in [6, 6.07) is 0. The normalized spacial score (nSPS) is 31.1. The highest BCUT2D eigenvalue weighted by Crippen LogP contribution is 2.47. The highest BCUT2D eigenvalue weighted by atomic mass is 35.5. The molecule has 0 spiro atoms. The van der Waals surface area contributed by atoms with Gasteiger partial charge in [-0.15, -0.1) is 12.4 Å². The lowest BCUT2D eigenvalue weighted by Crippen LogP contribution is -2.43. The van der Waals surface area contributed by atoms with Gasteiger partial charge in [0.1, 0.15) is 0 Å². The lowest BCUT2D eigenvalue weighted by Gasteiger charge is -2.26. The zero-order valence-electron chi connectivity index (χ0n) is 10.9. The van der Waals surface area contributed by atoms with Crippen LogP contribution in [-0.4, -0.2) is 19.0 Å². The van der Waals surface area contributed by atoms with Crippen LogP contribution in [-0.2, 0) is 4.79 Å². The standard InChI is InChI=1S/C13H24N2O.ClH/c1-13(2,8-14)12(16)15-7-11-6-9-3-4-10(11)5-9;/h9-11H,3-8,14H2,1-2H3,(H,15,16);1H. The van der Waals surface area contributed by atoms with E-state index in [4.69, 9.17) is 5.73 Å². The summed E-state index contributed by atoms with van der Waals surface area (Å²) < 4.78 is 0. The minimum absolute atomic E-state index is 0. The quantitative estimate of drug-likeness (QED) is 0.812. The zero-order valence-corrected chi connectivity index (χ0v) is 11.7. The van der Waals surface area contributed by atoms with Gasteiger partial charge >= 0.3 is 0 Å². The molecular formula is C13H25ClN2O. The smallest absolute Gasteiger partial charge is 0.226 e. The van der Waals surface area contributed by atoms with E-state index in [1.807, 2.05) is 13.8 Å². The van der Waals surface area contributed by atoms with Crippen molar-refractivity contribution in [1.82, 2.24) is 5.32 Å². The van der Waals surface area contributed by atoms with Crippen LogP contribution in [0.4, 0.5) is 0 Å². The first-order valence-corrected chi connectivity index (χ1v) is 6.51. The summed E-state index contributed by atoms with van der Waals surface area (Å²) in [5, 5.41) is 3.08. The molecule has 2 aliphatic rings. The van der Waals surface area contributed by atoms with Crippen LogP contribution in [0.2, 0.25) is 0 Å². The molecule has 2 saturated carbocycles. The van der Waals surface area contributed by atoms with Crippen molar-refractivity contribution in [1.29, 1.82) is 0 Å². The Morgan fingerprint density at radius 2 is 2.06 bits per heavy atom. The Labute approximate surface area is 110 Å². The number of hydrogen-bond donors (Lipinski definition) is 2. The van der Waals surface area contributed by atoms with Crippen LogP contribution in [0.15, 0.2) is 0 Å². The molecular weight excluding hydrogens is 236 g/mol. The minimum Gasteiger partial charge on any atom is -0.355 e. The zero-order chi connectivity index (χ0) is 11.8. The third-order valence-corrected chi connectivity index (χ3v) is 4.53. The molecule has 17 heavy (non-hydrogen) atoms. The van der Waals surface area contributed by atoms with E-state index in [9.17, 15) is 4.79 Å². The molecule has 2 fully saturated rings. The summed E-state index contributed by atoms with van der Waals surface area (Å²) in [6.07, 6.45) is 5.53. The van der Waals surface area contributed by atoms with Gasteiger partial charge in [0.25, 0.3) is 0 Å². The van der Waals surface area contributed by atoms with E-state index in [1.54, 1.807) is 0 Å². The first kappa shape index (κ1) is 14.8. The van der Waals surface area contributed by atoms with E-state index >= 15 is 0 Å². The van der Waals surface area contributed by atoms with Crippen LogP contribution in [0.25, 0.3) is 0 Å². The van der Waals surface area contributed by atoms with Gasteiger partial charge in [-0.05, 0) is 50.9 Å². The van der Waals surface area contributed by atoms with E-state index in [0.29, 0.717) is 6.54 Å². The van der Waals surface area contributed by atoms with Gasteiger partial charge in [-0.2, -0.15) is 0 Å². The van der Waals surface area contributed by atoms with Gasteiger partial charge in [0.15, 0.2) is 0 Å². The molecule has 0 radical (unpaired) electrons. The number of nitrogens with two attached hydrogens (primary N) is 1. The SMILES string of the molecule is CC(C)(CN)C(=O)NCC1CC2CCC1C2.Cl. The Balaban J connectivity index is 0.00000144. The molecule has 3 nitrogen and oxygen atoms in total. The van der Waals surface area contributed by atoms with Gasteiger partial charge < -0.3 is 11.1 Å². The monoisotopic (exact) mass is 260 g/mol. The van der Waals surface area contributed by atoms with Gasteiger partial charge in [-0.25, -0.2) is 0 Å². The summed E-state index contributed by atoms with van der Waals surface area (Å²) in [4.78, 5) is 11.9. The van der Waals surface area contributed by atoms with Crippen molar-refractivity contribution in [3.05, 3.63) is 0 Å². The van der Waals surface area contributed by atoms with E-state index in [0.717, 1.165) is 24.3 Å².